The smallest absolute Gasteiger partial charge is 0.306 e. The first-order chi connectivity index (χ1) is 40.0. The highest BCUT2D eigenvalue weighted by Crippen LogP contribution is 2.19. The molecular weight excluding hydrogens is 997 g/mol. The number of hydrogen-bond donors (Lipinski definition) is 0. The van der Waals surface area contributed by atoms with Crippen molar-refractivity contribution in [3.05, 3.63) is 24.3 Å². The number of unbranched alkanes of at least 4 members (excludes halogenated alkanes) is 54. The molecule has 0 radical (unpaired) electrons. The predicted molar refractivity (Wildman–Crippen MR) is 353 cm³/mol. The van der Waals surface area contributed by atoms with E-state index >= 15 is 0 Å². The van der Waals surface area contributed by atoms with Gasteiger partial charge in [0.2, 0.25) is 0 Å². The molecule has 0 aliphatic rings. The minimum atomic E-state index is -0.773. The summed E-state index contributed by atoms with van der Waals surface area (Å²) in [7, 11) is 0. The Balaban J connectivity index is 4.12. The van der Waals surface area contributed by atoms with Gasteiger partial charge in [0.1, 0.15) is 13.2 Å². The lowest BCUT2D eigenvalue weighted by Gasteiger charge is -2.18. The Morgan fingerprint density at radius 2 is 0.420 bits per heavy atom. The number of carbonyl (C=O) groups is 3. The molecule has 1 unspecified atom stereocenters. The zero-order valence-corrected chi connectivity index (χ0v) is 55.1. The van der Waals surface area contributed by atoms with E-state index in [0.717, 1.165) is 64.2 Å². The van der Waals surface area contributed by atoms with E-state index < -0.39 is 6.10 Å². The Bertz CT molecular complexity index is 1310. The fourth-order valence-electron chi connectivity index (χ4n) is 11.4. The van der Waals surface area contributed by atoms with Crippen molar-refractivity contribution in [2.45, 2.75) is 425 Å². The molecule has 0 aromatic carbocycles. The number of ether oxygens (including phenoxy) is 3. The largest absolute Gasteiger partial charge is 0.462 e. The molecule has 0 saturated carbocycles. The second-order valence-corrected chi connectivity index (χ2v) is 25.2. The Labute approximate surface area is 506 Å². The van der Waals surface area contributed by atoms with E-state index in [1.807, 2.05) is 0 Å². The van der Waals surface area contributed by atoms with Gasteiger partial charge in [0.15, 0.2) is 6.10 Å². The molecular formula is C75H142O6. The molecule has 0 fully saturated rings. The molecule has 478 valence electrons. The monoisotopic (exact) mass is 1140 g/mol. The maximum absolute atomic E-state index is 12.9. The fourth-order valence-corrected chi connectivity index (χ4v) is 11.4. The van der Waals surface area contributed by atoms with Crippen LogP contribution in [0.3, 0.4) is 0 Å². The molecule has 0 aliphatic heterocycles. The van der Waals surface area contributed by atoms with Crippen molar-refractivity contribution >= 4 is 17.9 Å². The number of rotatable bonds is 69. The highest BCUT2D eigenvalue weighted by atomic mass is 16.6. The van der Waals surface area contributed by atoms with Crippen LogP contribution in [0.25, 0.3) is 0 Å². The highest BCUT2D eigenvalue weighted by molar-refractivity contribution is 5.71. The van der Waals surface area contributed by atoms with E-state index in [1.54, 1.807) is 0 Å². The minimum absolute atomic E-state index is 0.0687. The summed E-state index contributed by atoms with van der Waals surface area (Å²) in [6.07, 6.45) is 86.6. The van der Waals surface area contributed by atoms with Gasteiger partial charge in [0.05, 0.1) is 0 Å². The molecule has 0 heterocycles. The average molecular weight is 1140 g/mol. The van der Waals surface area contributed by atoms with Gasteiger partial charge >= 0.3 is 17.9 Å². The van der Waals surface area contributed by atoms with Crippen LogP contribution in [0.4, 0.5) is 0 Å². The lowest BCUT2D eigenvalue weighted by molar-refractivity contribution is -0.167. The fraction of sp³-hybridized carbons (Fsp3) is 0.907. The maximum atomic E-state index is 12.9. The second-order valence-electron chi connectivity index (χ2n) is 25.2. The quantitative estimate of drug-likeness (QED) is 0.0261. The molecule has 0 rings (SSSR count). The average Bonchev–Trinajstić information content (AvgIpc) is 3.47. The zero-order chi connectivity index (χ0) is 58.5. The SMILES string of the molecule is CCCC/C=C\CCCCCCCC(=O)OCC(COC(=O)CCCCCCCCCCCCCCCCCCCCCCCCCCCCCCC)OC(=O)CCCCCCCCCCCCC/C=C\CCCCCCCCCC. The van der Waals surface area contributed by atoms with E-state index in [1.165, 1.54) is 315 Å². The summed E-state index contributed by atoms with van der Waals surface area (Å²) in [4.78, 5) is 38.4. The third-order valence-corrected chi connectivity index (χ3v) is 16.9. The summed E-state index contributed by atoms with van der Waals surface area (Å²) in [6, 6.07) is 0. The van der Waals surface area contributed by atoms with Crippen molar-refractivity contribution in [2.75, 3.05) is 13.2 Å². The molecule has 0 aromatic rings. The summed E-state index contributed by atoms with van der Waals surface area (Å²) < 4.78 is 17.0. The summed E-state index contributed by atoms with van der Waals surface area (Å²) in [6.45, 7) is 6.68. The molecule has 0 aromatic heterocycles. The van der Waals surface area contributed by atoms with E-state index in [0.29, 0.717) is 19.3 Å². The number of carbonyl (C=O) groups excluding carboxylic acids is 3. The summed E-state index contributed by atoms with van der Waals surface area (Å²) in [5, 5.41) is 0. The van der Waals surface area contributed by atoms with Crippen LogP contribution in [0.5, 0.6) is 0 Å². The van der Waals surface area contributed by atoms with E-state index in [-0.39, 0.29) is 31.1 Å². The minimum Gasteiger partial charge on any atom is -0.462 e. The van der Waals surface area contributed by atoms with Crippen LogP contribution >= 0.6 is 0 Å². The molecule has 6 nitrogen and oxygen atoms in total. The van der Waals surface area contributed by atoms with E-state index in [2.05, 4.69) is 45.1 Å². The Hall–Kier alpha value is -2.11. The van der Waals surface area contributed by atoms with Crippen LogP contribution in [-0.4, -0.2) is 37.2 Å². The molecule has 6 heteroatoms. The lowest BCUT2D eigenvalue weighted by Crippen LogP contribution is -2.30. The van der Waals surface area contributed by atoms with Crippen LogP contribution in [0.1, 0.15) is 419 Å². The molecule has 81 heavy (non-hydrogen) atoms. The number of hydrogen-bond acceptors (Lipinski definition) is 6. The third kappa shape index (κ3) is 68.6. The highest BCUT2D eigenvalue weighted by Gasteiger charge is 2.20. The summed E-state index contributed by atoms with van der Waals surface area (Å²) in [5.41, 5.74) is 0. The Morgan fingerprint density at radius 1 is 0.235 bits per heavy atom. The van der Waals surface area contributed by atoms with Gasteiger partial charge < -0.3 is 14.2 Å². The van der Waals surface area contributed by atoms with Gasteiger partial charge in [-0.3, -0.25) is 14.4 Å². The zero-order valence-electron chi connectivity index (χ0n) is 55.1. The van der Waals surface area contributed by atoms with Crippen LogP contribution in [0, 0.1) is 0 Å². The van der Waals surface area contributed by atoms with Gasteiger partial charge in [-0.25, -0.2) is 0 Å². The van der Waals surface area contributed by atoms with E-state index in [4.69, 9.17) is 14.2 Å². The van der Waals surface area contributed by atoms with Crippen molar-refractivity contribution in [1.29, 1.82) is 0 Å². The Morgan fingerprint density at radius 3 is 0.654 bits per heavy atom. The summed E-state index contributed by atoms with van der Waals surface area (Å²) >= 11 is 0. The van der Waals surface area contributed by atoms with Gasteiger partial charge in [-0.2, -0.15) is 0 Å². The molecule has 0 amide bonds. The topological polar surface area (TPSA) is 78.9 Å². The van der Waals surface area contributed by atoms with Crippen molar-refractivity contribution in [3.63, 3.8) is 0 Å². The molecule has 1 atom stereocenters. The van der Waals surface area contributed by atoms with Gasteiger partial charge in [0, 0.05) is 19.3 Å². The van der Waals surface area contributed by atoms with Crippen LogP contribution < -0.4 is 0 Å². The van der Waals surface area contributed by atoms with Crippen LogP contribution in [0.2, 0.25) is 0 Å². The molecule has 0 bridgehead atoms. The van der Waals surface area contributed by atoms with Gasteiger partial charge in [-0.05, 0) is 64.2 Å². The Kier molecular flexibility index (Phi) is 68.5. The third-order valence-electron chi connectivity index (χ3n) is 16.9. The molecule has 0 N–H and O–H groups in total. The van der Waals surface area contributed by atoms with Crippen LogP contribution in [-0.2, 0) is 28.6 Å². The van der Waals surface area contributed by atoms with Gasteiger partial charge in [-0.15, -0.1) is 0 Å². The van der Waals surface area contributed by atoms with E-state index in [9.17, 15) is 14.4 Å². The predicted octanol–water partition coefficient (Wildman–Crippen LogP) is 25.3. The lowest BCUT2D eigenvalue weighted by atomic mass is 10.0. The first-order valence-electron chi connectivity index (χ1n) is 36.8. The molecule has 0 saturated heterocycles. The van der Waals surface area contributed by atoms with Crippen molar-refractivity contribution in [1.82, 2.24) is 0 Å². The second kappa shape index (κ2) is 70.4. The first kappa shape index (κ1) is 78.9. The van der Waals surface area contributed by atoms with Crippen molar-refractivity contribution in [3.8, 4) is 0 Å². The van der Waals surface area contributed by atoms with Gasteiger partial charge in [-0.1, -0.05) is 360 Å². The van der Waals surface area contributed by atoms with Crippen molar-refractivity contribution in [2.24, 2.45) is 0 Å². The number of allylic oxidation sites excluding steroid dienone is 4. The van der Waals surface area contributed by atoms with Crippen molar-refractivity contribution < 1.29 is 28.6 Å². The molecule has 0 spiro atoms. The first-order valence-corrected chi connectivity index (χ1v) is 36.8. The summed E-state index contributed by atoms with van der Waals surface area (Å²) in [5.74, 6) is -0.849. The van der Waals surface area contributed by atoms with Gasteiger partial charge in [0.25, 0.3) is 0 Å². The molecule has 0 aliphatic carbocycles. The maximum Gasteiger partial charge on any atom is 0.306 e. The standard InChI is InChI=1S/C75H142O6/c1-4-7-10-13-16-19-22-24-26-28-30-32-34-35-36-37-38-39-41-42-44-46-48-50-53-56-59-62-65-68-74(77)80-71-72(70-79-73(76)67-64-61-58-55-52-21-18-15-12-9-6-3)81-75(78)69-66-63-60-57-54-51-49-47-45-43-40-33-31-29-27-25-23-20-17-14-11-8-5-2/h15,18,29,31,72H,4-14,16-17,19-28,30,32-71H2,1-3H3/b18-15-,31-29-. The number of esters is 3. The normalized spacial score (nSPS) is 12.1. The van der Waals surface area contributed by atoms with Crippen LogP contribution in [0.15, 0.2) is 24.3 Å².